The van der Waals surface area contributed by atoms with Gasteiger partial charge >= 0.3 is 5.97 Å². The van der Waals surface area contributed by atoms with Crippen LogP contribution in [0.15, 0.2) is 0 Å². The molecule has 0 amide bonds. The minimum Gasteiger partial charge on any atom is -0.480 e. The van der Waals surface area contributed by atoms with E-state index in [2.05, 4.69) is 0 Å². The van der Waals surface area contributed by atoms with Crippen LogP contribution in [0.3, 0.4) is 0 Å². The molecule has 1 rings (SSSR count). The van der Waals surface area contributed by atoms with E-state index in [1.807, 2.05) is 11.9 Å². The molecule has 0 heterocycles. The van der Waals surface area contributed by atoms with Crippen LogP contribution in [0.25, 0.3) is 0 Å². The smallest absolute Gasteiger partial charge is 0.323 e. The predicted molar refractivity (Wildman–Crippen MR) is 65.5 cm³/mol. The lowest BCUT2D eigenvalue weighted by Crippen LogP contribution is -2.49. The van der Waals surface area contributed by atoms with E-state index in [0.717, 1.165) is 6.54 Å². The van der Waals surface area contributed by atoms with Crippen LogP contribution < -0.4 is 0 Å². The van der Waals surface area contributed by atoms with Gasteiger partial charge < -0.3 is 5.11 Å². The van der Waals surface area contributed by atoms with E-state index >= 15 is 0 Å². The van der Waals surface area contributed by atoms with Gasteiger partial charge in [-0.3, -0.25) is 9.69 Å². The van der Waals surface area contributed by atoms with Crippen molar-refractivity contribution in [2.45, 2.75) is 57.9 Å². The summed E-state index contributed by atoms with van der Waals surface area (Å²) in [5, 5.41) is 9.16. The summed E-state index contributed by atoms with van der Waals surface area (Å²) in [4.78, 5) is 13.1. The Bertz CT molecular complexity index is 230. The Morgan fingerprint density at radius 1 is 1.25 bits per heavy atom. The summed E-state index contributed by atoms with van der Waals surface area (Å²) in [5.74, 6) is -0.0465. The van der Waals surface area contributed by atoms with Gasteiger partial charge in [0.15, 0.2) is 0 Å². The first-order valence-electron chi connectivity index (χ1n) is 6.39. The van der Waals surface area contributed by atoms with Crippen molar-refractivity contribution < 1.29 is 9.90 Å². The Morgan fingerprint density at radius 3 is 2.19 bits per heavy atom. The van der Waals surface area contributed by atoms with Crippen LogP contribution >= 0.6 is 0 Å². The Kier molecular flexibility index (Phi) is 4.78. The highest BCUT2D eigenvalue weighted by Crippen LogP contribution is 2.25. The number of carbonyl (C=O) groups is 1. The van der Waals surface area contributed by atoms with Crippen LogP contribution in [0.4, 0.5) is 0 Å². The molecule has 1 fully saturated rings. The van der Waals surface area contributed by atoms with Gasteiger partial charge in [0, 0.05) is 6.54 Å². The molecule has 16 heavy (non-hydrogen) atoms. The minimum atomic E-state index is -0.744. The number of hydrogen-bond donors (Lipinski definition) is 1. The monoisotopic (exact) mass is 227 g/mol. The molecule has 1 aliphatic rings. The second-order valence-corrected chi connectivity index (χ2v) is 5.60. The highest BCUT2D eigenvalue weighted by molar-refractivity contribution is 5.77. The van der Waals surface area contributed by atoms with Crippen molar-refractivity contribution in [3.8, 4) is 0 Å². The Balaban J connectivity index is 2.48. The maximum atomic E-state index is 11.1. The highest BCUT2D eigenvalue weighted by Gasteiger charge is 2.33. The van der Waals surface area contributed by atoms with E-state index in [0.29, 0.717) is 5.92 Å². The molecule has 3 heteroatoms. The zero-order chi connectivity index (χ0) is 12.2. The zero-order valence-electron chi connectivity index (χ0n) is 10.8. The molecule has 0 radical (unpaired) electrons. The topological polar surface area (TPSA) is 40.5 Å². The summed E-state index contributed by atoms with van der Waals surface area (Å²) >= 11 is 0. The maximum Gasteiger partial charge on any atom is 0.323 e. The van der Waals surface area contributed by atoms with Crippen molar-refractivity contribution >= 4 is 5.97 Å². The fraction of sp³-hybridized carbons (Fsp3) is 0.923. The molecule has 1 N–H and O–H groups in total. The summed E-state index contributed by atoms with van der Waals surface area (Å²) in [7, 11) is 1.93. The summed E-state index contributed by atoms with van der Waals surface area (Å²) in [6, 6.07) is 0. The molecule has 0 unspecified atom stereocenters. The molecular formula is C13H25NO2. The van der Waals surface area contributed by atoms with Gasteiger partial charge in [0.1, 0.15) is 5.54 Å². The number of hydrogen-bond acceptors (Lipinski definition) is 2. The van der Waals surface area contributed by atoms with Crippen LogP contribution in [-0.2, 0) is 4.79 Å². The molecule has 1 saturated carbocycles. The maximum absolute atomic E-state index is 11.1. The summed E-state index contributed by atoms with van der Waals surface area (Å²) < 4.78 is 0. The minimum absolute atomic E-state index is 0.686. The van der Waals surface area contributed by atoms with Gasteiger partial charge in [-0.05, 0) is 39.7 Å². The summed E-state index contributed by atoms with van der Waals surface area (Å²) in [6.45, 7) is 4.48. The first-order valence-corrected chi connectivity index (χ1v) is 6.39. The van der Waals surface area contributed by atoms with Crippen molar-refractivity contribution in [1.29, 1.82) is 0 Å². The average molecular weight is 227 g/mol. The summed E-state index contributed by atoms with van der Waals surface area (Å²) in [5.41, 5.74) is -0.744. The van der Waals surface area contributed by atoms with Gasteiger partial charge in [0.2, 0.25) is 0 Å². The number of nitrogens with zero attached hydrogens (tertiary/aromatic N) is 1. The molecule has 0 aromatic rings. The Hall–Kier alpha value is -0.570. The molecule has 94 valence electrons. The highest BCUT2D eigenvalue weighted by atomic mass is 16.4. The molecule has 0 aromatic carbocycles. The van der Waals surface area contributed by atoms with Gasteiger partial charge in [-0.2, -0.15) is 0 Å². The number of likely N-dealkylation sites (N-methyl/N-ethyl adjacent to an activating group) is 1. The standard InChI is InChI=1S/C13H25NO2/c1-13(2,12(15)16)14(3)10-11-8-6-4-5-7-9-11/h11H,4-10H2,1-3H3,(H,15,16). The first-order chi connectivity index (χ1) is 7.44. The average Bonchev–Trinajstić information content (AvgIpc) is 2.46. The SMILES string of the molecule is CN(CC1CCCCCC1)C(C)(C)C(=O)O. The molecule has 0 aromatic heterocycles. The van der Waals surface area contributed by atoms with Crippen molar-refractivity contribution in [3.63, 3.8) is 0 Å². The third kappa shape index (κ3) is 3.48. The molecule has 0 bridgehead atoms. The number of carboxylic acid groups (broad SMARTS) is 1. The first kappa shape index (κ1) is 13.5. The lowest BCUT2D eigenvalue weighted by atomic mass is 9.96. The Labute approximate surface area is 98.8 Å². The Morgan fingerprint density at radius 2 is 1.75 bits per heavy atom. The van der Waals surface area contributed by atoms with E-state index in [1.165, 1.54) is 38.5 Å². The largest absolute Gasteiger partial charge is 0.480 e. The van der Waals surface area contributed by atoms with Crippen molar-refractivity contribution in [2.24, 2.45) is 5.92 Å². The number of aliphatic carboxylic acids is 1. The van der Waals surface area contributed by atoms with Gasteiger partial charge in [-0.15, -0.1) is 0 Å². The van der Waals surface area contributed by atoms with Crippen LogP contribution in [0.1, 0.15) is 52.4 Å². The van der Waals surface area contributed by atoms with Crippen LogP contribution in [0.2, 0.25) is 0 Å². The van der Waals surface area contributed by atoms with E-state index in [-0.39, 0.29) is 0 Å². The van der Waals surface area contributed by atoms with E-state index < -0.39 is 11.5 Å². The lowest BCUT2D eigenvalue weighted by molar-refractivity contribution is -0.148. The number of carboxylic acids is 1. The van der Waals surface area contributed by atoms with Crippen molar-refractivity contribution in [2.75, 3.05) is 13.6 Å². The fourth-order valence-electron chi connectivity index (χ4n) is 2.33. The van der Waals surface area contributed by atoms with E-state index in [4.69, 9.17) is 5.11 Å². The quantitative estimate of drug-likeness (QED) is 0.751. The molecule has 0 spiro atoms. The third-order valence-corrected chi connectivity index (χ3v) is 3.98. The van der Waals surface area contributed by atoms with Crippen molar-refractivity contribution in [1.82, 2.24) is 4.90 Å². The lowest BCUT2D eigenvalue weighted by Gasteiger charge is -2.34. The van der Waals surface area contributed by atoms with Crippen LogP contribution in [-0.4, -0.2) is 35.1 Å². The zero-order valence-corrected chi connectivity index (χ0v) is 10.8. The molecular weight excluding hydrogens is 202 g/mol. The van der Waals surface area contributed by atoms with Crippen LogP contribution in [0.5, 0.6) is 0 Å². The molecule has 0 atom stereocenters. The van der Waals surface area contributed by atoms with E-state index in [1.54, 1.807) is 13.8 Å². The van der Waals surface area contributed by atoms with Gasteiger partial charge in [-0.1, -0.05) is 25.7 Å². The predicted octanol–water partition coefficient (Wildman–Crippen LogP) is 2.75. The summed E-state index contributed by atoms with van der Waals surface area (Å²) in [6.07, 6.45) is 7.85. The second-order valence-electron chi connectivity index (χ2n) is 5.60. The molecule has 3 nitrogen and oxygen atoms in total. The fourth-order valence-corrected chi connectivity index (χ4v) is 2.33. The van der Waals surface area contributed by atoms with Gasteiger partial charge in [0.05, 0.1) is 0 Å². The molecule has 0 saturated heterocycles. The third-order valence-electron chi connectivity index (χ3n) is 3.98. The van der Waals surface area contributed by atoms with Gasteiger partial charge in [-0.25, -0.2) is 0 Å². The number of rotatable bonds is 4. The second kappa shape index (κ2) is 5.67. The molecule has 1 aliphatic carbocycles. The van der Waals surface area contributed by atoms with E-state index in [9.17, 15) is 4.79 Å². The normalized spacial score (nSPS) is 19.8. The molecule has 0 aliphatic heterocycles. The van der Waals surface area contributed by atoms with Crippen molar-refractivity contribution in [3.05, 3.63) is 0 Å². The van der Waals surface area contributed by atoms with Gasteiger partial charge in [0.25, 0.3) is 0 Å². The van der Waals surface area contributed by atoms with Crippen LogP contribution in [0, 0.1) is 5.92 Å².